The van der Waals surface area contributed by atoms with Gasteiger partial charge in [0.15, 0.2) is 0 Å². The fraction of sp³-hybridized carbons (Fsp3) is 0.333. The zero-order chi connectivity index (χ0) is 15.3. The lowest BCUT2D eigenvalue weighted by atomic mass is 9.73. The van der Waals surface area contributed by atoms with Crippen LogP contribution >= 0.6 is 23.2 Å². The number of likely N-dealkylation sites (N-methyl/N-ethyl adjacent to an activating group) is 1. The van der Waals surface area contributed by atoms with Crippen LogP contribution in [0, 0.1) is 0 Å². The van der Waals surface area contributed by atoms with E-state index in [2.05, 4.69) is 42.6 Å². The Morgan fingerprint density at radius 2 is 1.76 bits per heavy atom. The SMILES string of the molecule is CCC(CNC)(Cc1ccc(Cl)cc1Cl)c1ccccc1. The van der Waals surface area contributed by atoms with E-state index in [1.165, 1.54) is 5.56 Å². The summed E-state index contributed by atoms with van der Waals surface area (Å²) in [5.41, 5.74) is 2.52. The zero-order valence-electron chi connectivity index (χ0n) is 12.5. The minimum Gasteiger partial charge on any atom is -0.319 e. The number of rotatable bonds is 6. The first-order valence-corrected chi connectivity index (χ1v) is 8.01. The fourth-order valence-electron chi connectivity index (χ4n) is 2.88. The summed E-state index contributed by atoms with van der Waals surface area (Å²) in [6.45, 7) is 3.14. The van der Waals surface area contributed by atoms with Gasteiger partial charge in [0.2, 0.25) is 0 Å². The molecule has 0 saturated carbocycles. The molecule has 1 atom stereocenters. The molecule has 1 nitrogen and oxygen atoms in total. The number of hydrogen-bond acceptors (Lipinski definition) is 1. The van der Waals surface area contributed by atoms with Crippen molar-refractivity contribution in [1.29, 1.82) is 0 Å². The molecule has 2 aromatic rings. The van der Waals surface area contributed by atoms with E-state index >= 15 is 0 Å². The Bertz CT molecular complexity index is 583. The molecule has 0 fully saturated rings. The third kappa shape index (κ3) is 3.79. The number of nitrogens with one attached hydrogen (secondary N) is 1. The third-order valence-electron chi connectivity index (χ3n) is 4.12. The van der Waals surface area contributed by atoms with Crippen LogP contribution in [0.4, 0.5) is 0 Å². The Morgan fingerprint density at radius 1 is 1.05 bits per heavy atom. The molecule has 0 spiro atoms. The molecule has 0 aliphatic rings. The predicted molar refractivity (Wildman–Crippen MR) is 92.5 cm³/mol. The van der Waals surface area contributed by atoms with Crippen molar-refractivity contribution in [2.75, 3.05) is 13.6 Å². The second kappa shape index (κ2) is 7.31. The van der Waals surface area contributed by atoms with Crippen LogP contribution in [0.5, 0.6) is 0 Å². The average molecular weight is 322 g/mol. The van der Waals surface area contributed by atoms with Crippen LogP contribution in [-0.4, -0.2) is 13.6 Å². The van der Waals surface area contributed by atoms with Gasteiger partial charge in [-0.15, -0.1) is 0 Å². The number of benzene rings is 2. The lowest BCUT2D eigenvalue weighted by Crippen LogP contribution is -2.38. The maximum atomic E-state index is 6.38. The molecular formula is C18H21Cl2N. The quantitative estimate of drug-likeness (QED) is 0.780. The maximum Gasteiger partial charge on any atom is 0.0453 e. The van der Waals surface area contributed by atoms with E-state index in [1.807, 2.05) is 25.2 Å². The van der Waals surface area contributed by atoms with Crippen molar-refractivity contribution in [2.45, 2.75) is 25.2 Å². The highest BCUT2D eigenvalue weighted by molar-refractivity contribution is 6.35. The molecule has 2 aromatic carbocycles. The summed E-state index contributed by atoms with van der Waals surface area (Å²) in [7, 11) is 2.00. The van der Waals surface area contributed by atoms with Crippen molar-refractivity contribution >= 4 is 23.2 Å². The van der Waals surface area contributed by atoms with Crippen LogP contribution in [0.2, 0.25) is 10.0 Å². The lowest BCUT2D eigenvalue weighted by Gasteiger charge is -2.34. The summed E-state index contributed by atoms with van der Waals surface area (Å²) in [5.74, 6) is 0. The summed E-state index contributed by atoms with van der Waals surface area (Å²) in [6, 6.07) is 16.4. The molecule has 2 rings (SSSR count). The van der Waals surface area contributed by atoms with Crippen molar-refractivity contribution in [3.63, 3.8) is 0 Å². The van der Waals surface area contributed by atoms with Crippen molar-refractivity contribution < 1.29 is 0 Å². The van der Waals surface area contributed by atoms with Gasteiger partial charge in [-0.2, -0.15) is 0 Å². The number of halogens is 2. The van der Waals surface area contributed by atoms with Crippen LogP contribution in [0.1, 0.15) is 24.5 Å². The van der Waals surface area contributed by atoms with Crippen molar-refractivity contribution in [1.82, 2.24) is 5.32 Å². The summed E-state index contributed by atoms with van der Waals surface area (Å²) < 4.78 is 0. The first-order chi connectivity index (χ1) is 10.1. The smallest absolute Gasteiger partial charge is 0.0453 e. The molecule has 0 aromatic heterocycles. The predicted octanol–water partition coefficient (Wildman–Crippen LogP) is 5.10. The van der Waals surface area contributed by atoms with E-state index in [-0.39, 0.29) is 5.41 Å². The van der Waals surface area contributed by atoms with Crippen LogP contribution in [-0.2, 0) is 11.8 Å². The number of hydrogen-bond donors (Lipinski definition) is 1. The van der Waals surface area contributed by atoms with Gasteiger partial charge in [-0.05, 0) is 43.1 Å². The Labute approximate surface area is 137 Å². The van der Waals surface area contributed by atoms with E-state index in [9.17, 15) is 0 Å². The van der Waals surface area contributed by atoms with Gasteiger partial charge in [0, 0.05) is 22.0 Å². The first kappa shape index (κ1) is 16.4. The molecule has 1 N–H and O–H groups in total. The van der Waals surface area contributed by atoms with E-state index in [0.29, 0.717) is 5.02 Å². The van der Waals surface area contributed by atoms with Crippen LogP contribution in [0.3, 0.4) is 0 Å². The zero-order valence-corrected chi connectivity index (χ0v) is 14.0. The van der Waals surface area contributed by atoms with Gasteiger partial charge >= 0.3 is 0 Å². The molecular weight excluding hydrogens is 301 g/mol. The highest BCUT2D eigenvalue weighted by Gasteiger charge is 2.30. The Balaban J connectivity index is 2.41. The maximum absolute atomic E-state index is 6.38. The molecule has 0 amide bonds. The van der Waals surface area contributed by atoms with E-state index in [0.717, 1.165) is 30.0 Å². The molecule has 0 aliphatic carbocycles. The topological polar surface area (TPSA) is 12.0 Å². The summed E-state index contributed by atoms with van der Waals surface area (Å²) in [6.07, 6.45) is 1.93. The molecule has 1 unspecified atom stereocenters. The van der Waals surface area contributed by atoms with Crippen LogP contribution < -0.4 is 5.32 Å². The second-order valence-electron chi connectivity index (χ2n) is 5.44. The average Bonchev–Trinajstić information content (AvgIpc) is 2.50. The molecule has 0 radical (unpaired) electrons. The Morgan fingerprint density at radius 3 is 2.33 bits per heavy atom. The van der Waals surface area contributed by atoms with Gasteiger partial charge in [-0.3, -0.25) is 0 Å². The first-order valence-electron chi connectivity index (χ1n) is 7.25. The normalized spacial score (nSPS) is 13.9. The van der Waals surface area contributed by atoms with Crippen molar-refractivity contribution in [3.05, 3.63) is 69.7 Å². The van der Waals surface area contributed by atoms with Gasteiger partial charge in [-0.25, -0.2) is 0 Å². The summed E-state index contributed by atoms with van der Waals surface area (Å²) >= 11 is 12.4. The molecule has 0 bridgehead atoms. The lowest BCUT2D eigenvalue weighted by molar-refractivity contribution is 0.391. The standard InChI is InChI=1S/C18H21Cl2N/c1-3-18(13-21-2,15-7-5-4-6-8-15)12-14-9-10-16(19)11-17(14)20/h4-11,21H,3,12-13H2,1-2H3. The van der Waals surface area contributed by atoms with Gasteiger partial charge in [0.1, 0.15) is 0 Å². The molecule has 0 saturated heterocycles. The van der Waals surface area contributed by atoms with Crippen molar-refractivity contribution in [2.24, 2.45) is 0 Å². The second-order valence-corrected chi connectivity index (χ2v) is 6.29. The van der Waals surface area contributed by atoms with E-state index in [1.54, 1.807) is 0 Å². The molecule has 21 heavy (non-hydrogen) atoms. The fourth-order valence-corrected chi connectivity index (χ4v) is 3.36. The van der Waals surface area contributed by atoms with Gasteiger partial charge in [-0.1, -0.05) is 66.5 Å². The van der Waals surface area contributed by atoms with Gasteiger partial charge in [0.25, 0.3) is 0 Å². The highest BCUT2D eigenvalue weighted by Crippen LogP contribution is 2.34. The molecule has 0 aliphatic heterocycles. The van der Waals surface area contributed by atoms with E-state index < -0.39 is 0 Å². The van der Waals surface area contributed by atoms with E-state index in [4.69, 9.17) is 23.2 Å². The van der Waals surface area contributed by atoms with Crippen molar-refractivity contribution in [3.8, 4) is 0 Å². The Kier molecular flexibility index (Phi) is 5.69. The monoisotopic (exact) mass is 321 g/mol. The van der Waals surface area contributed by atoms with Crippen LogP contribution in [0.15, 0.2) is 48.5 Å². The molecule has 3 heteroatoms. The Hall–Kier alpha value is -1.02. The summed E-state index contributed by atoms with van der Waals surface area (Å²) in [4.78, 5) is 0. The summed E-state index contributed by atoms with van der Waals surface area (Å²) in [5, 5.41) is 4.76. The molecule has 112 valence electrons. The molecule has 0 heterocycles. The van der Waals surface area contributed by atoms with Gasteiger partial charge in [0.05, 0.1) is 0 Å². The highest BCUT2D eigenvalue weighted by atomic mass is 35.5. The minimum absolute atomic E-state index is 0.0352. The largest absolute Gasteiger partial charge is 0.319 e. The minimum atomic E-state index is 0.0352. The van der Waals surface area contributed by atoms with Crippen LogP contribution in [0.25, 0.3) is 0 Å². The third-order valence-corrected chi connectivity index (χ3v) is 4.71. The van der Waals surface area contributed by atoms with Gasteiger partial charge < -0.3 is 5.32 Å².